The Morgan fingerprint density at radius 1 is 1.06 bits per heavy atom. The summed E-state index contributed by atoms with van der Waals surface area (Å²) in [7, 11) is -9.28. The van der Waals surface area contributed by atoms with Crippen LogP contribution in [-0.2, 0) is 18.0 Å². The topological polar surface area (TPSA) is 134 Å². The van der Waals surface area contributed by atoms with Crippen LogP contribution in [0.1, 0.15) is 0 Å². The molecule has 4 N–H and O–H groups in total. The van der Waals surface area contributed by atoms with Crippen molar-refractivity contribution in [3.8, 4) is 0 Å². The second kappa shape index (κ2) is 9.28. The Hall–Kier alpha value is 2.35. The van der Waals surface area contributed by atoms with E-state index in [1.807, 2.05) is 0 Å². The van der Waals surface area contributed by atoms with Crippen molar-refractivity contribution in [2.24, 2.45) is 0 Å². The van der Waals surface area contributed by atoms with Crippen molar-refractivity contribution in [1.82, 2.24) is 0 Å². The van der Waals surface area contributed by atoms with Crippen LogP contribution in [0.15, 0.2) is 0 Å². The predicted molar refractivity (Wildman–Crippen MR) is 61.0 cm³/mol. The van der Waals surface area contributed by atoms with Crippen LogP contribution in [0.5, 0.6) is 0 Å². The Morgan fingerprint density at radius 2 is 1.38 bits per heavy atom. The van der Waals surface area contributed by atoms with E-state index < -0.39 is 19.6 Å². The van der Waals surface area contributed by atoms with Gasteiger partial charge < -0.3 is 19.8 Å². The first-order valence-corrected chi connectivity index (χ1v) is 6.89. The Labute approximate surface area is 136 Å². The molecule has 8 nitrogen and oxygen atoms in total. The van der Waals surface area contributed by atoms with Crippen LogP contribution in [0.3, 0.4) is 0 Å². The van der Waals surface area contributed by atoms with E-state index in [1.54, 1.807) is 0 Å². The van der Waals surface area contributed by atoms with Crippen molar-refractivity contribution >= 4 is 88.2 Å². The Bertz CT molecular complexity index is 273. The van der Waals surface area contributed by atoms with Gasteiger partial charge >= 0.3 is 57.4 Å². The molecule has 0 rings (SSSR count). The average molecular weight is 369 g/mol. The van der Waals surface area contributed by atoms with E-state index in [-0.39, 0.29) is 37.7 Å². The maximum atomic E-state index is 10.6. The van der Waals surface area contributed by atoms with Crippen molar-refractivity contribution in [2.75, 3.05) is 7.11 Å². The number of aliphatic hydroxyl groups is 1. The van der Waals surface area contributed by atoms with E-state index in [0.29, 0.717) is 0 Å². The average Bonchev–Trinajstić information content (AvgIpc) is 1.79. The van der Waals surface area contributed by atoms with Gasteiger partial charge in [0.1, 0.15) is 0 Å². The fourth-order valence-electron chi connectivity index (χ4n) is 0.282. The number of halogens is 3. The van der Waals surface area contributed by atoms with Crippen LogP contribution in [0.4, 0.5) is 0 Å². The molecule has 0 aromatic carbocycles. The molecule has 0 aromatic rings. The first-order chi connectivity index (χ1) is 6.41. The summed E-state index contributed by atoms with van der Waals surface area (Å²) in [5.74, 6) is 0. The third kappa shape index (κ3) is 18.7. The summed E-state index contributed by atoms with van der Waals surface area (Å²) < 4.78 is 25.1. The van der Waals surface area contributed by atoms with Gasteiger partial charge in [0.2, 0.25) is 0 Å². The van der Waals surface area contributed by atoms with Crippen LogP contribution in [0.2, 0.25) is 0 Å². The summed E-state index contributed by atoms with van der Waals surface area (Å²) >= 11 is 14.7. The van der Waals surface area contributed by atoms with Crippen LogP contribution in [0, 0.1) is 0 Å². The van der Waals surface area contributed by atoms with Crippen LogP contribution in [0.25, 0.3) is 0 Å². The van der Waals surface area contributed by atoms with Gasteiger partial charge in [-0.25, -0.2) is 13.7 Å². The van der Waals surface area contributed by atoms with E-state index in [2.05, 4.69) is 8.83 Å². The normalized spacial score (nSPS) is 15.2. The minimum absolute atomic E-state index is 0. The van der Waals surface area contributed by atoms with Crippen molar-refractivity contribution in [3.63, 3.8) is 0 Å². The van der Waals surface area contributed by atoms with E-state index >= 15 is 0 Å². The molecule has 0 saturated heterocycles. The maximum absolute atomic E-state index is 10.6. The Kier molecular flexibility index (Phi) is 13.6. The molecule has 0 aliphatic rings. The molecule has 16 heavy (non-hydrogen) atoms. The molecule has 0 amide bonds. The molecule has 1 atom stereocenters. The number of alkyl halides is 3. The fraction of sp³-hybridized carbons (Fsp3) is 1.00. The van der Waals surface area contributed by atoms with Crippen LogP contribution >= 0.6 is 50.4 Å². The first kappa shape index (κ1) is 23.4. The quantitative estimate of drug-likeness (QED) is 0.316. The summed E-state index contributed by atoms with van der Waals surface area (Å²) in [5, 5.41) is 7.00. The predicted octanol–water partition coefficient (Wildman–Crippen LogP) is 0.233. The van der Waals surface area contributed by atoms with Gasteiger partial charge in [-0.05, 0) is 0 Å². The molecule has 14 heteroatoms. The summed E-state index contributed by atoms with van der Waals surface area (Å²) in [4.78, 5) is 24.7. The van der Waals surface area contributed by atoms with E-state index in [0.717, 1.165) is 7.11 Å². The minimum atomic E-state index is -5.19. The van der Waals surface area contributed by atoms with Crippen molar-refractivity contribution in [2.45, 2.75) is 3.98 Å². The molecule has 0 bridgehead atoms. The molecule has 0 radical (unpaired) electrons. The summed E-state index contributed by atoms with van der Waals surface area (Å²) in [6.07, 6.45) is 0. The molecule has 0 fully saturated rings. The molecule has 0 aliphatic carbocycles. The molecular weight excluding hydrogens is 360 g/mol. The number of rotatable bonds is 3. The zero-order valence-electron chi connectivity index (χ0n) is 6.95. The van der Waals surface area contributed by atoms with Gasteiger partial charge in [-0.1, -0.05) is 34.8 Å². The van der Waals surface area contributed by atoms with Gasteiger partial charge in [-0.3, -0.25) is 0 Å². The van der Waals surface area contributed by atoms with Gasteiger partial charge in [0, 0.05) is 7.11 Å². The van der Waals surface area contributed by atoms with Crippen LogP contribution in [-0.4, -0.2) is 68.6 Å². The van der Waals surface area contributed by atoms with Gasteiger partial charge in [-0.2, -0.15) is 4.31 Å². The SMILES string of the molecule is CO.O=P(O)(O)OP(=O)(O)OC(Cl)(Cl)Cl.[CaH2]. The molecular formula is C2H9CaCl3O8P2. The summed E-state index contributed by atoms with van der Waals surface area (Å²) in [6.45, 7) is 0. The number of hydrogen-bond donors (Lipinski definition) is 4. The Balaban J connectivity index is -0.000000529. The van der Waals surface area contributed by atoms with E-state index in [9.17, 15) is 9.13 Å². The third-order valence-electron chi connectivity index (χ3n) is 0.428. The van der Waals surface area contributed by atoms with E-state index in [4.69, 9.17) is 54.6 Å². The first-order valence-electron chi connectivity index (χ1n) is 2.73. The zero-order chi connectivity index (χ0) is 12.9. The fourth-order valence-corrected chi connectivity index (χ4v) is 2.54. The number of aliphatic hydroxyl groups excluding tert-OH is 1. The molecule has 0 spiro atoms. The zero-order valence-corrected chi connectivity index (χ0v) is 11.0. The third-order valence-corrected chi connectivity index (χ3v) is 3.16. The standard InChI is InChI=1S/CH3Cl3O7P2.CH4O.Ca.2H/c2-1(3,4)10-13(8,9)11-12(5,6)7;1-2;;;/h(H,8,9)(H2,5,6,7);2H,1H3;;;. The van der Waals surface area contributed by atoms with E-state index in [1.165, 1.54) is 0 Å². The Morgan fingerprint density at radius 3 is 1.56 bits per heavy atom. The van der Waals surface area contributed by atoms with Crippen LogP contribution < -0.4 is 0 Å². The molecule has 98 valence electrons. The molecule has 1 unspecified atom stereocenters. The number of hydrogen-bond acceptors (Lipinski definition) is 5. The van der Waals surface area contributed by atoms with Crippen molar-refractivity contribution < 1.29 is 37.8 Å². The molecule has 0 aromatic heterocycles. The van der Waals surface area contributed by atoms with Crippen molar-refractivity contribution in [3.05, 3.63) is 0 Å². The van der Waals surface area contributed by atoms with Gasteiger partial charge in [-0.15, -0.1) is 0 Å². The molecule has 0 aliphatic heterocycles. The number of phosphoric acid groups is 2. The molecule has 0 saturated carbocycles. The van der Waals surface area contributed by atoms with Gasteiger partial charge in [0.25, 0.3) is 0 Å². The second-order valence-corrected chi connectivity index (χ2v) is 6.51. The van der Waals surface area contributed by atoms with Gasteiger partial charge in [0.15, 0.2) is 0 Å². The summed E-state index contributed by atoms with van der Waals surface area (Å²) in [6, 6.07) is 0. The van der Waals surface area contributed by atoms with Crippen molar-refractivity contribution in [1.29, 1.82) is 0 Å². The summed E-state index contributed by atoms with van der Waals surface area (Å²) in [5.41, 5.74) is 0. The number of phosphoric ester groups is 1. The second-order valence-electron chi connectivity index (χ2n) is 1.58. The van der Waals surface area contributed by atoms with Gasteiger partial charge in [0.05, 0.1) is 0 Å². The molecule has 0 heterocycles. The monoisotopic (exact) mass is 368 g/mol.